The van der Waals surface area contributed by atoms with Crippen LogP contribution in [0.15, 0.2) is 25.3 Å². The maximum Gasteiger partial charge on any atom is 0.376 e. The number of amides is 3. The van der Waals surface area contributed by atoms with Gasteiger partial charge in [0.25, 0.3) is 5.91 Å². The van der Waals surface area contributed by atoms with Gasteiger partial charge in [0.05, 0.1) is 6.54 Å². The van der Waals surface area contributed by atoms with Crippen LogP contribution in [0.25, 0.3) is 0 Å². The van der Waals surface area contributed by atoms with Gasteiger partial charge in [-0.1, -0.05) is 12.7 Å². The Morgan fingerprint density at radius 3 is 2.08 bits per heavy atom. The summed E-state index contributed by atoms with van der Waals surface area (Å²) in [5, 5.41) is 1.63. The normalized spacial score (nSPS) is 23.5. The van der Waals surface area contributed by atoms with Gasteiger partial charge in [0, 0.05) is 26.1 Å². The maximum atomic E-state index is 12.8. The molecule has 0 spiro atoms. The molecule has 2 heterocycles. The van der Waals surface area contributed by atoms with E-state index in [1.807, 2.05) is 0 Å². The summed E-state index contributed by atoms with van der Waals surface area (Å²) in [5.74, 6) is -0.693. The number of ether oxygens (including phenoxy) is 2. The van der Waals surface area contributed by atoms with Crippen LogP contribution >= 0.6 is 0 Å². The minimum Gasteiger partial charge on any atom is -0.350 e. The molecule has 2 aliphatic rings. The van der Waals surface area contributed by atoms with Crippen LogP contribution < -0.4 is 0 Å². The summed E-state index contributed by atoms with van der Waals surface area (Å²) in [7, 11) is 0. The van der Waals surface area contributed by atoms with Crippen molar-refractivity contribution in [2.24, 2.45) is 0 Å². The first-order chi connectivity index (χ1) is 12.2. The number of nitrogens with zero attached hydrogens (tertiary/aromatic N) is 2. The Hall–Kier alpha value is -1.74. The highest BCUT2D eigenvalue weighted by Gasteiger charge is 2.32. The Balaban J connectivity index is 2.04. The lowest BCUT2D eigenvalue weighted by molar-refractivity contribution is -0.292. The van der Waals surface area contributed by atoms with Crippen molar-refractivity contribution in [3.8, 4) is 0 Å². The SMILES string of the molecule is C=CCN(OC1CCCCO1)C(=O)N(OC1CCCCO1)C(=O)C=C. The fraction of sp³-hybridized carbons (Fsp3) is 0.647. The maximum absolute atomic E-state index is 12.8. The Labute approximate surface area is 147 Å². The summed E-state index contributed by atoms with van der Waals surface area (Å²) in [4.78, 5) is 35.9. The highest BCUT2D eigenvalue weighted by molar-refractivity contribution is 5.98. The van der Waals surface area contributed by atoms with Crippen LogP contribution in [0.1, 0.15) is 38.5 Å². The van der Waals surface area contributed by atoms with E-state index >= 15 is 0 Å². The van der Waals surface area contributed by atoms with Crippen molar-refractivity contribution in [1.29, 1.82) is 0 Å². The van der Waals surface area contributed by atoms with Crippen LogP contribution in [0, 0.1) is 0 Å². The lowest BCUT2D eigenvalue weighted by Gasteiger charge is -2.33. The Bertz CT molecular complexity index is 472. The predicted octanol–water partition coefficient (Wildman–Crippen LogP) is 2.53. The lowest BCUT2D eigenvalue weighted by Crippen LogP contribution is -2.49. The average molecular weight is 354 g/mol. The summed E-state index contributed by atoms with van der Waals surface area (Å²) in [6.07, 6.45) is 6.30. The van der Waals surface area contributed by atoms with Crippen LogP contribution in [-0.2, 0) is 23.9 Å². The molecule has 2 saturated heterocycles. The molecule has 8 nitrogen and oxygen atoms in total. The van der Waals surface area contributed by atoms with Gasteiger partial charge < -0.3 is 9.47 Å². The molecule has 0 aromatic carbocycles. The van der Waals surface area contributed by atoms with Crippen molar-refractivity contribution >= 4 is 11.9 Å². The molecule has 2 aliphatic heterocycles. The molecule has 0 aromatic heterocycles. The van der Waals surface area contributed by atoms with E-state index in [0.717, 1.165) is 36.8 Å². The molecule has 2 atom stereocenters. The Morgan fingerprint density at radius 2 is 1.60 bits per heavy atom. The fourth-order valence-electron chi connectivity index (χ4n) is 2.51. The number of hydroxylamine groups is 4. The first-order valence-electron chi connectivity index (χ1n) is 8.61. The average Bonchev–Trinajstić information content (AvgIpc) is 2.66. The van der Waals surface area contributed by atoms with Crippen molar-refractivity contribution in [3.63, 3.8) is 0 Å². The largest absolute Gasteiger partial charge is 0.376 e. The topological polar surface area (TPSA) is 77.5 Å². The van der Waals surface area contributed by atoms with Gasteiger partial charge in [-0.15, -0.1) is 11.6 Å². The van der Waals surface area contributed by atoms with E-state index in [1.165, 1.54) is 6.08 Å². The molecule has 8 heteroatoms. The molecule has 0 bridgehead atoms. The number of urea groups is 1. The first kappa shape index (κ1) is 19.6. The second-order valence-electron chi connectivity index (χ2n) is 5.77. The summed E-state index contributed by atoms with van der Waals surface area (Å²) in [6.45, 7) is 8.20. The Morgan fingerprint density at radius 1 is 1.00 bits per heavy atom. The van der Waals surface area contributed by atoms with Gasteiger partial charge in [-0.25, -0.2) is 14.5 Å². The molecule has 140 valence electrons. The van der Waals surface area contributed by atoms with E-state index in [2.05, 4.69) is 13.2 Å². The zero-order valence-corrected chi connectivity index (χ0v) is 14.4. The van der Waals surface area contributed by atoms with E-state index in [1.54, 1.807) is 0 Å². The molecule has 2 unspecified atom stereocenters. The van der Waals surface area contributed by atoms with E-state index in [0.29, 0.717) is 31.1 Å². The monoisotopic (exact) mass is 354 g/mol. The van der Waals surface area contributed by atoms with E-state index in [9.17, 15) is 9.59 Å². The van der Waals surface area contributed by atoms with Crippen LogP contribution in [0.3, 0.4) is 0 Å². The highest BCUT2D eigenvalue weighted by atomic mass is 16.8. The molecule has 0 radical (unpaired) electrons. The molecule has 25 heavy (non-hydrogen) atoms. The van der Waals surface area contributed by atoms with Crippen LogP contribution in [0.4, 0.5) is 4.79 Å². The smallest absolute Gasteiger partial charge is 0.350 e. The van der Waals surface area contributed by atoms with Gasteiger partial charge in [-0.05, 0) is 31.8 Å². The number of carbonyl (C=O) groups is 2. The summed E-state index contributed by atoms with van der Waals surface area (Å²) < 4.78 is 10.9. The third-order valence-corrected chi connectivity index (χ3v) is 3.80. The van der Waals surface area contributed by atoms with Crippen molar-refractivity contribution in [2.75, 3.05) is 19.8 Å². The Kier molecular flexibility index (Phi) is 8.07. The number of rotatable bonds is 7. The van der Waals surface area contributed by atoms with E-state index in [-0.39, 0.29) is 6.54 Å². The van der Waals surface area contributed by atoms with Crippen molar-refractivity contribution in [2.45, 2.75) is 51.1 Å². The molecular weight excluding hydrogens is 328 g/mol. The molecule has 2 rings (SSSR count). The van der Waals surface area contributed by atoms with Gasteiger partial charge in [-0.3, -0.25) is 4.79 Å². The number of carbonyl (C=O) groups excluding carboxylic acids is 2. The molecule has 0 aromatic rings. The minimum atomic E-state index is -0.770. The highest BCUT2D eigenvalue weighted by Crippen LogP contribution is 2.19. The standard InChI is InChI=1S/C17H26N2O6/c1-3-11-18(24-15-9-5-7-12-22-15)17(21)19(14(20)4-2)25-16-10-6-8-13-23-16/h3-4,15-16H,1-2,5-13H2. The van der Waals surface area contributed by atoms with Gasteiger partial charge in [0.1, 0.15) is 0 Å². The van der Waals surface area contributed by atoms with Gasteiger partial charge in [0.2, 0.25) is 0 Å². The van der Waals surface area contributed by atoms with E-state index < -0.39 is 24.5 Å². The zero-order chi connectivity index (χ0) is 18.1. The van der Waals surface area contributed by atoms with Crippen molar-refractivity contribution < 1.29 is 28.7 Å². The molecule has 0 N–H and O–H groups in total. The minimum absolute atomic E-state index is 0.0779. The second-order valence-corrected chi connectivity index (χ2v) is 5.77. The van der Waals surface area contributed by atoms with Crippen LogP contribution in [-0.4, -0.2) is 54.4 Å². The summed E-state index contributed by atoms with van der Waals surface area (Å²) in [6, 6.07) is -0.770. The van der Waals surface area contributed by atoms with Crippen molar-refractivity contribution in [1.82, 2.24) is 10.1 Å². The third-order valence-electron chi connectivity index (χ3n) is 3.80. The van der Waals surface area contributed by atoms with Crippen LogP contribution in [0.2, 0.25) is 0 Å². The van der Waals surface area contributed by atoms with Crippen LogP contribution in [0.5, 0.6) is 0 Å². The molecule has 0 saturated carbocycles. The summed E-state index contributed by atoms with van der Waals surface area (Å²) >= 11 is 0. The van der Waals surface area contributed by atoms with Gasteiger partial charge >= 0.3 is 6.03 Å². The third kappa shape index (κ3) is 5.93. The fourth-order valence-corrected chi connectivity index (χ4v) is 2.51. The van der Waals surface area contributed by atoms with E-state index in [4.69, 9.17) is 19.1 Å². The number of hydrogen-bond acceptors (Lipinski definition) is 6. The molecular formula is C17H26N2O6. The lowest BCUT2D eigenvalue weighted by atomic mass is 10.2. The molecule has 3 amide bonds. The predicted molar refractivity (Wildman–Crippen MR) is 88.7 cm³/mol. The molecule has 0 aliphatic carbocycles. The first-order valence-corrected chi connectivity index (χ1v) is 8.61. The van der Waals surface area contributed by atoms with Gasteiger partial charge in [-0.2, -0.15) is 5.06 Å². The quantitative estimate of drug-likeness (QED) is 0.397. The second kappa shape index (κ2) is 10.3. The van der Waals surface area contributed by atoms with Gasteiger partial charge in [0.15, 0.2) is 12.6 Å². The summed E-state index contributed by atoms with van der Waals surface area (Å²) in [5.41, 5.74) is 0. The van der Waals surface area contributed by atoms with Crippen molar-refractivity contribution in [3.05, 3.63) is 25.3 Å². The zero-order valence-electron chi connectivity index (χ0n) is 14.4. The number of hydrogen-bond donors (Lipinski definition) is 0. The number of imide groups is 1. The molecule has 2 fully saturated rings.